The smallest absolute Gasteiger partial charge is 0.272 e. The average molecular weight is 2080 g/mol. The number of rotatable bonds is 30. The second kappa shape index (κ2) is 42.4. The first-order chi connectivity index (χ1) is 55.9. The second-order valence-electron chi connectivity index (χ2n) is 23.6. The number of benzene rings is 8. The van der Waals surface area contributed by atoms with E-state index >= 15 is 0 Å². The van der Waals surface area contributed by atoms with Crippen molar-refractivity contribution in [2.45, 2.75) is 31.7 Å². The van der Waals surface area contributed by atoms with Gasteiger partial charge in [-0.3, -0.25) is 40.9 Å². The van der Waals surface area contributed by atoms with E-state index in [2.05, 4.69) is 149 Å². The summed E-state index contributed by atoms with van der Waals surface area (Å²) in [5, 5.41) is 69.9. The van der Waals surface area contributed by atoms with Crippen LogP contribution in [0, 0.1) is 0 Å². The molecule has 119 heavy (non-hydrogen) atoms. The highest BCUT2D eigenvalue weighted by Crippen LogP contribution is 2.42. The van der Waals surface area contributed by atoms with Crippen LogP contribution in [0.1, 0.15) is 33.4 Å². The Bertz CT molecular complexity index is 5580. The molecular weight excluding hydrogens is 2020 g/mol. The lowest BCUT2D eigenvalue weighted by Gasteiger charge is -2.19. The van der Waals surface area contributed by atoms with Crippen LogP contribution < -0.4 is 75.1 Å². The Hall–Kier alpha value is -9.88. The summed E-state index contributed by atoms with van der Waals surface area (Å²) < 4.78 is 157. The van der Waals surface area contributed by atoms with Crippen LogP contribution >= 0.6 is 136 Å². The zero-order valence-electron chi connectivity index (χ0n) is 59.3. The van der Waals surface area contributed by atoms with Crippen molar-refractivity contribution in [3.05, 3.63) is 195 Å². The van der Waals surface area contributed by atoms with Crippen molar-refractivity contribution in [1.29, 1.82) is 0 Å². The maximum atomic E-state index is 13.5. The van der Waals surface area contributed by atoms with Gasteiger partial charge in [-0.25, -0.2) is 44.5 Å². The van der Waals surface area contributed by atoms with E-state index in [1.54, 1.807) is 0 Å². The number of ether oxygens (including phenoxy) is 1. The first-order valence-electron chi connectivity index (χ1n) is 32.6. The number of carbonyl (C=O) groups excluding carboxylic acids is 4. The number of hydrazine groups is 2. The van der Waals surface area contributed by atoms with E-state index in [1.807, 2.05) is 0 Å². The lowest BCUT2D eigenvalue weighted by Crippen LogP contribution is -2.54. The minimum absolute atomic E-state index is 0.0176. The zero-order chi connectivity index (χ0) is 87.4. The summed E-state index contributed by atoms with van der Waals surface area (Å²) in [6, 6.07) is 24.3. The highest BCUT2D eigenvalue weighted by atomic mass is 79.9. The molecule has 8 aromatic rings. The van der Waals surface area contributed by atoms with Gasteiger partial charge in [-0.2, -0.15) is 10.2 Å². The van der Waals surface area contributed by atoms with Crippen LogP contribution in [0.15, 0.2) is 181 Å². The molecule has 0 radical (unpaired) electrons. The van der Waals surface area contributed by atoms with Gasteiger partial charge in [-0.05, 0) is 244 Å². The molecule has 18 N–H and O–H groups in total. The van der Waals surface area contributed by atoms with Crippen LogP contribution in [-0.4, -0.2) is 167 Å². The highest BCUT2D eigenvalue weighted by Gasteiger charge is 2.30. The van der Waals surface area contributed by atoms with Crippen molar-refractivity contribution in [1.82, 2.24) is 43.2 Å². The summed E-state index contributed by atoms with van der Waals surface area (Å²) in [4.78, 5) is 50.4. The molecule has 0 saturated heterocycles. The Morgan fingerprint density at radius 1 is 0.395 bits per heavy atom. The van der Waals surface area contributed by atoms with E-state index in [-0.39, 0.29) is 133 Å². The number of hydrogen-bond acceptors (Lipinski definition) is 29. The fourth-order valence-corrected chi connectivity index (χ4v) is 15.8. The maximum Gasteiger partial charge on any atom is 0.272 e. The normalized spacial score (nSPS) is 12.3. The second-order valence-corrected chi connectivity index (χ2v) is 34.8. The highest BCUT2D eigenvalue weighted by molar-refractivity contribution is 9.11. The molecule has 37 nitrogen and oxygen atoms in total. The van der Waals surface area contributed by atoms with Gasteiger partial charge < -0.3 is 85.9 Å². The van der Waals surface area contributed by atoms with Crippen molar-refractivity contribution in [3.8, 4) is 23.0 Å². The average Bonchev–Trinajstić information content (AvgIpc) is 0.806. The summed E-state index contributed by atoms with van der Waals surface area (Å²) in [7, 11) is -21.1. The predicted molar refractivity (Wildman–Crippen MR) is 469 cm³/mol. The summed E-state index contributed by atoms with van der Waals surface area (Å²) in [6.45, 7) is 0.198. The van der Waals surface area contributed by atoms with Crippen molar-refractivity contribution in [2.75, 3.05) is 58.2 Å². The topological polar surface area (TPSA) is 580 Å². The van der Waals surface area contributed by atoms with Crippen LogP contribution in [0.3, 0.4) is 0 Å². The molecule has 4 amide bonds. The molecule has 8 aromatic carbocycles. The van der Waals surface area contributed by atoms with Crippen LogP contribution in [0.5, 0.6) is 23.0 Å². The molecular formula is C68H56Br4Cl2N16O21S8-4. The van der Waals surface area contributed by atoms with Crippen LogP contribution in [0.4, 0.5) is 34.1 Å². The summed E-state index contributed by atoms with van der Waals surface area (Å²) >= 11 is 45.5. The monoisotopic (exact) mass is 2070 g/mol. The van der Waals surface area contributed by atoms with E-state index in [9.17, 15) is 91.5 Å². The third-order valence-electron chi connectivity index (χ3n) is 15.2. The molecule has 0 aliphatic heterocycles. The number of nitrogens with zero attached hydrogens (tertiary/aromatic N) is 2. The molecule has 0 bridgehead atoms. The molecule has 0 aliphatic carbocycles. The number of carbonyl (C=O) groups is 4. The SMILES string of the molecule is O=C(N/N=C\c1cc(Br)c(O)c(Br)c1O)C(Nc1ccc(Cl)cc1)C(=O)NNC(=S)Nc1ccc(/C=C/c2ccc(NC(=S)NCCOCCNC(=S)Nc3ccc(/C=C/c4ccc(NC(=S)NNC(=O)C(Nc5ccc(Cl)cc5)C(=O)N/N=C\c5cc(Br)c(O)c(Br)c5O)cc4S(=O)(=O)[O-])c(S(=O)(=O)[O-])c3)cc2S(=O)(=O)[O-])c(S(=O)(=O)[O-])c1. The van der Waals surface area contributed by atoms with Crippen LogP contribution in [-0.2, 0) is 64.4 Å². The van der Waals surface area contributed by atoms with Crippen LogP contribution in [0.2, 0.25) is 10.0 Å². The third kappa shape index (κ3) is 28.1. The fourth-order valence-electron chi connectivity index (χ4n) is 9.67. The molecule has 2 unspecified atom stereocenters. The minimum atomic E-state index is -5.30. The molecule has 0 heterocycles. The standard InChI is InChI=1S/C68H60Br4Cl2N16O21S8/c69-47-25-37(57(91)53(71)59(47)93)31-77-85-61(95)55(79-41-17-9-39(73)10-18-41)63(97)87-89-67(114)83-45-15-7-35(51(29-45)118(105,106)107)3-1-33-5-13-43(27-49(33)116(99,100)101)81-65(112)75-21-23-111-24-22-76-66(113)82-44-14-6-34(50(28-44)117(102,103)104)2-4-36-8-16-46(30-52(36)119(108,109)110)84-68(115)90-88-64(98)56(80-42-19-11-40(74)12-20-42)62(96)86-78-32-38-26-48(70)60(94)54(72)58(38)92/h1-20,25-32,55-56,79-80,91-94H,21-24H2,(H,85,95)(H,86,96)(H,87,97)(H,88,98)(H2,75,81,112)(H2,76,82,113)(H2,83,89,114)(H2,84,90,115)(H,99,100,101)(H,102,103,104)(H,105,106,107)(H,108,109,110)/p-4/b3-1+,4-2+,77-31-,78-32-. The number of amides is 4. The maximum absolute atomic E-state index is 13.5. The molecule has 0 saturated carbocycles. The Balaban J connectivity index is 0.793. The van der Waals surface area contributed by atoms with Crippen molar-refractivity contribution in [3.63, 3.8) is 0 Å². The van der Waals surface area contributed by atoms with E-state index in [0.717, 1.165) is 73.1 Å². The predicted octanol–water partition coefficient (Wildman–Crippen LogP) is 8.01. The number of anilines is 6. The molecule has 0 spiro atoms. The molecule has 8 rings (SSSR count). The number of hydrazone groups is 2. The van der Waals surface area contributed by atoms with Gasteiger partial charge in [0.05, 0.1) is 54.2 Å². The van der Waals surface area contributed by atoms with Gasteiger partial charge in [0.2, 0.25) is 0 Å². The summed E-state index contributed by atoms with van der Waals surface area (Å²) in [6.07, 6.45) is 6.29. The molecule has 628 valence electrons. The van der Waals surface area contributed by atoms with E-state index in [0.29, 0.717) is 10.0 Å². The number of thiocarbonyl (C=S) groups is 4. The van der Waals surface area contributed by atoms with Gasteiger partial charge in [-0.15, -0.1) is 0 Å². The number of phenols is 4. The summed E-state index contributed by atoms with van der Waals surface area (Å²) in [5.74, 6) is -5.64. The zero-order valence-corrected chi connectivity index (χ0v) is 73.7. The number of phenolic OH excluding ortho intramolecular Hbond substituents is 4. The first kappa shape index (κ1) is 94.6. The number of hydrogen-bond donors (Lipinski definition) is 18. The van der Waals surface area contributed by atoms with Crippen molar-refractivity contribution < 1.29 is 96.2 Å². The van der Waals surface area contributed by atoms with Crippen LogP contribution in [0.25, 0.3) is 24.3 Å². The molecule has 2 atom stereocenters. The minimum Gasteiger partial charge on any atom is -0.744 e. The molecule has 51 heteroatoms. The van der Waals surface area contributed by atoms with Gasteiger partial charge in [0.1, 0.15) is 72.4 Å². The lowest BCUT2D eigenvalue weighted by molar-refractivity contribution is -0.132. The number of nitrogens with one attached hydrogen (secondary N) is 14. The quantitative estimate of drug-likeness (QED) is 0.00385. The Morgan fingerprint density at radius 3 is 0.958 bits per heavy atom. The van der Waals surface area contributed by atoms with Gasteiger partial charge in [-0.1, -0.05) is 71.8 Å². The van der Waals surface area contributed by atoms with Crippen molar-refractivity contribution >= 4 is 291 Å². The molecule has 0 aliphatic rings. The summed E-state index contributed by atoms with van der Waals surface area (Å²) in [5.41, 5.74) is 12.8. The van der Waals surface area contributed by atoms with Gasteiger partial charge >= 0.3 is 0 Å². The largest absolute Gasteiger partial charge is 0.744 e. The van der Waals surface area contributed by atoms with E-state index in [1.165, 1.54) is 97.1 Å². The number of halogens is 6. The Morgan fingerprint density at radius 2 is 0.672 bits per heavy atom. The first-order valence-corrected chi connectivity index (χ1v) is 43.8. The van der Waals surface area contributed by atoms with Gasteiger partial charge in [0.15, 0.2) is 32.5 Å². The van der Waals surface area contributed by atoms with Gasteiger partial charge in [0.25, 0.3) is 23.6 Å². The van der Waals surface area contributed by atoms with E-state index < -0.39 is 117 Å². The van der Waals surface area contributed by atoms with Gasteiger partial charge in [0, 0.05) is 68.4 Å². The Kier molecular flexibility index (Phi) is 33.7. The number of aromatic hydroxyl groups is 4. The molecule has 0 fully saturated rings. The van der Waals surface area contributed by atoms with Crippen molar-refractivity contribution in [2.24, 2.45) is 10.2 Å². The fraction of sp³-hybridized carbons (Fsp3) is 0.0882. The Labute approximate surface area is 741 Å². The lowest BCUT2D eigenvalue weighted by atomic mass is 10.1. The molecule has 0 aromatic heterocycles. The van der Waals surface area contributed by atoms with E-state index in [4.69, 9.17) is 76.8 Å². The third-order valence-corrected chi connectivity index (χ3v) is 22.9.